The molecule has 0 aliphatic carbocycles. The fourth-order valence-corrected chi connectivity index (χ4v) is 1.93. The molecule has 1 aromatic carbocycles. The quantitative estimate of drug-likeness (QED) is 0.824. The third kappa shape index (κ3) is 4.84. The zero-order valence-corrected chi connectivity index (χ0v) is 13.0. The van der Waals surface area contributed by atoms with Crippen LogP contribution in [-0.4, -0.2) is 28.5 Å². The van der Waals surface area contributed by atoms with Crippen molar-refractivity contribution in [2.24, 2.45) is 0 Å². The summed E-state index contributed by atoms with van der Waals surface area (Å²) in [5.74, 6) is 0.494. The van der Waals surface area contributed by atoms with E-state index >= 15 is 0 Å². The molecule has 2 aromatic rings. The van der Waals surface area contributed by atoms with Crippen LogP contribution in [0.15, 0.2) is 42.7 Å². The molecule has 0 saturated carbocycles. The van der Waals surface area contributed by atoms with Crippen molar-refractivity contribution in [1.29, 1.82) is 0 Å². The third-order valence-electron chi connectivity index (χ3n) is 3.43. The fourth-order valence-electron chi connectivity index (χ4n) is 1.93. The van der Waals surface area contributed by atoms with Crippen LogP contribution >= 0.6 is 0 Å². The predicted molar refractivity (Wildman–Crippen MR) is 87.9 cm³/mol. The molecule has 116 valence electrons. The summed E-state index contributed by atoms with van der Waals surface area (Å²) in [4.78, 5) is 20.4. The zero-order chi connectivity index (χ0) is 15.8. The monoisotopic (exact) mass is 298 g/mol. The Bertz CT molecular complexity index is 583. The van der Waals surface area contributed by atoms with Gasteiger partial charge in [0.2, 0.25) is 0 Å². The van der Waals surface area contributed by atoms with Crippen molar-refractivity contribution in [2.45, 2.75) is 32.7 Å². The first-order chi connectivity index (χ1) is 10.7. The second-order valence-electron chi connectivity index (χ2n) is 5.23. The topological polar surface area (TPSA) is 66.9 Å². The molecule has 0 aliphatic heterocycles. The maximum Gasteiger partial charge on any atom is 0.271 e. The van der Waals surface area contributed by atoms with Crippen molar-refractivity contribution in [3.63, 3.8) is 0 Å². The molecule has 2 N–H and O–H groups in total. The Balaban J connectivity index is 1.82. The van der Waals surface area contributed by atoms with Gasteiger partial charge in [0, 0.05) is 12.6 Å². The second-order valence-corrected chi connectivity index (χ2v) is 5.23. The van der Waals surface area contributed by atoms with E-state index < -0.39 is 0 Å². The maximum absolute atomic E-state index is 12.0. The molecule has 0 saturated heterocycles. The van der Waals surface area contributed by atoms with Crippen molar-refractivity contribution in [3.05, 3.63) is 54.0 Å². The maximum atomic E-state index is 12.0. The number of benzene rings is 1. The normalized spacial score (nSPS) is 11.7. The summed E-state index contributed by atoms with van der Waals surface area (Å²) in [7, 11) is 0. The number of nitrogens with one attached hydrogen (secondary N) is 2. The van der Waals surface area contributed by atoms with Gasteiger partial charge in [-0.3, -0.25) is 4.79 Å². The highest BCUT2D eigenvalue weighted by Gasteiger charge is 2.08. The lowest BCUT2D eigenvalue weighted by Gasteiger charge is -2.11. The van der Waals surface area contributed by atoms with Crippen LogP contribution < -0.4 is 10.6 Å². The molecule has 0 aliphatic rings. The molecule has 5 heteroatoms. The average molecular weight is 298 g/mol. The van der Waals surface area contributed by atoms with E-state index in [4.69, 9.17) is 0 Å². The largest absolute Gasteiger partial charge is 0.366 e. The number of rotatable bonds is 7. The lowest BCUT2D eigenvalue weighted by molar-refractivity contribution is 0.0949. The molecule has 1 atom stereocenters. The van der Waals surface area contributed by atoms with Gasteiger partial charge in [0.1, 0.15) is 11.5 Å². The minimum Gasteiger partial charge on any atom is -0.366 e. The molecule has 0 bridgehead atoms. The van der Waals surface area contributed by atoms with Crippen molar-refractivity contribution in [3.8, 4) is 0 Å². The van der Waals surface area contributed by atoms with Gasteiger partial charge in [-0.15, -0.1) is 0 Å². The molecule has 1 amide bonds. The smallest absolute Gasteiger partial charge is 0.271 e. The van der Waals surface area contributed by atoms with E-state index in [9.17, 15) is 4.79 Å². The van der Waals surface area contributed by atoms with Gasteiger partial charge in [0.25, 0.3) is 5.91 Å². The number of anilines is 1. The molecule has 5 nitrogen and oxygen atoms in total. The van der Waals surface area contributed by atoms with Gasteiger partial charge in [-0.2, -0.15) is 0 Å². The van der Waals surface area contributed by atoms with Gasteiger partial charge < -0.3 is 10.6 Å². The molecular formula is C17H22N4O. The van der Waals surface area contributed by atoms with E-state index in [1.807, 2.05) is 30.3 Å². The van der Waals surface area contributed by atoms with E-state index in [0.29, 0.717) is 24.1 Å². The summed E-state index contributed by atoms with van der Waals surface area (Å²) in [6.45, 7) is 4.75. The Hall–Kier alpha value is -2.43. The summed E-state index contributed by atoms with van der Waals surface area (Å²) in [6, 6.07) is 10.4. The molecule has 2 rings (SSSR count). The van der Waals surface area contributed by atoms with E-state index in [0.717, 1.165) is 12.8 Å². The van der Waals surface area contributed by atoms with Gasteiger partial charge in [-0.25, -0.2) is 9.97 Å². The fraction of sp³-hybridized carbons (Fsp3) is 0.353. The van der Waals surface area contributed by atoms with Crippen molar-refractivity contribution in [2.75, 3.05) is 11.9 Å². The van der Waals surface area contributed by atoms with Gasteiger partial charge >= 0.3 is 0 Å². The zero-order valence-electron chi connectivity index (χ0n) is 13.0. The SMILES string of the molecule is CCC(C)Nc1cnc(C(=O)NCCc2ccccc2)cn1. The highest BCUT2D eigenvalue weighted by molar-refractivity contribution is 5.91. The average Bonchev–Trinajstić information content (AvgIpc) is 2.56. The third-order valence-corrected chi connectivity index (χ3v) is 3.43. The molecule has 1 aromatic heterocycles. The molecule has 22 heavy (non-hydrogen) atoms. The summed E-state index contributed by atoms with van der Waals surface area (Å²) < 4.78 is 0. The van der Waals surface area contributed by atoms with Crippen molar-refractivity contribution in [1.82, 2.24) is 15.3 Å². The standard InChI is InChI=1S/C17H22N4O/c1-3-13(2)21-16-12-19-15(11-20-16)17(22)18-10-9-14-7-5-4-6-8-14/h4-8,11-13H,3,9-10H2,1-2H3,(H,18,22)(H,20,21). The van der Waals surface area contributed by atoms with E-state index in [1.165, 1.54) is 11.8 Å². The summed E-state index contributed by atoms with van der Waals surface area (Å²) in [5, 5.41) is 6.07. The summed E-state index contributed by atoms with van der Waals surface area (Å²) in [5.41, 5.74) is 1.53. The number of amides is 1. The lowest BCUT2D eigenvalue weighted by atomic mass is 10.1. The van der Waals surface area contributed by atoms with Crippen LogP contribution in [0.1, 0.15) is 36.3 Å². The lowest BCUT2D eigenvalue weighted by Crippen LogP contribution is -2.26. The number of hydrogen-bond donors (Lipinski definition) is 2. The van der Waals surface area contributed by atoms with Gasteiger partial charge in [0.15, 0.2) is 0 Å². The Kier molecular flexibility index (Phi) is 5.89. The van der Waals surface area contributed by atoms with Crippen LogP contribution in [0.4, 0.5) is 5.82 Å². The Morgan fingerprint density at radius 1 is 1.18 bits per heavy atom. The number of nitrogens with zero attached hydrogens (tertiary/aromatic N) is 2. The Morgan fingerprint density at radius 3 is 2.59 bits per heavy atom. The van der Waals surface area contributed by atoms with Crippen LogP contribution in [0.5, 0.6) is 0 Å². The highest BCUT2D eigenvalue weighted by Crippen LogP contribution is 2.05. The van der Waals surface area contributed by atoms with E-state index in [2.05, 4.69) is 34.4 Å². The molecule has 1 heterocycles. The molecule has 0 radical (unpaired) electrons. The van der Waals surface area contributed by atoms with Crippen LogP contribution in [0.2, 0.25) is 0 Å². The Labute approximate surface area is 131 Å². The van der Waals surface area contributed by atoms with E-state index in [1.54, 1.807) is 6.20 Å². The number of carbonyl (C=O) groups is 1. The first-order valence-electron chi connectivity index (χ1n) is 7.59. The highest BCUT2D eigenvalue weighted by atomic mass is 16.1. The van der Waals surface area contributed by atoms with Crippen LogP contribution in [-0.2, 0) is 6.42 Å². The molecular weight excluding hydrogens is 276 g/mol. The first-order valence-corrected chi connectivity index (χ1v) is 7.59. The van der Waals surface area contributed by atoms with Crippen molar-refractivity contribution < 1.29 is 4.79 Å². The van der Waals surface area contributed by atoms with E-state index in [-0.39, 0.29) is 5.91 Å². The number of aromatic nitrogens is 2. The number of hydrogen-bond acceptors (Lipinski definition) is 4. The second kappa shape index (κ2) is 8.12. The van der Waals surface area contributed by atoms with Crippen molar-refractivity contribution >= 4 is 11.7 Å². The Morgan fingerprint density at radius 2 is 1.95 bits per heavy atom. The minimum absolute atomic E-state index is 0.196. The molecule has 1 unspecified atom stereocenters. The summed E-state index contributed by atoms with van der Waals surface area (Å²) >= 11 is 0. The molecule has 0 fully saturated rings. The van der Waals surface area contributed by atoms with Crippen LogP contribution in [0, 0.1) is 0 Å². The molecule has 0 spiro atoms. The van der Waals surface area contributed by atoms with Gasteiger partial charge in [-0.05, 0) is 25.3 Å². The van der Waals surface area contributed by atoms with Gasteiger partial charge in [0.05, 0.1) is 12.4 Å². The minimum atomic E-state index is -0.196. The predicted octanol–water partition coefficient (Wildman–Crippen LogP) is 2.66. The first kappa shape index (κ1) is 15.9. The summed E-state index contributed by atoms with van der Waals surface area (Å²) in [6.07, 6.45) is 4.90. The van der Waals surface area contributed by atoms with Crippen LogP contribution in [0.25, 0.3) is 0 Å². The van der Waals surface area contributed by atoms with Crippen LogP contribution in [0.3, 0.4) is 0 Å². The number of carbonyl (C=O) groups excluding carboxylic acids is 1. The van der Waals surface area contributed by atoms with Gasteiger partial charge in [-0.1, -0.05) is 37.3 Å².